The van der Waals surface area contributed by atoms with E-state index in [4.69, 9.17) is 0 Å². The van der Waals surface area contributed by atoms with E-state index in [1.807, 2.05) is 29.8 Å². The fourth-order valence-corrected chi connectivity index (χ4v) is 3.64. The molecule has 1 N–H and O–H groups in total. The highest BCUT2D eigenvalue weighted by Gasteiger charge is 2.22. The van der Waals surface area contributed by atoms with Crippen molar-refractivity contribution in [3.8, 4) is 0 Å². The third-order valence-corrected chi connectivity index (χ3v) is 4.80. The van der Waals surface area contributed by atoms with Crippen LogP contribution in [0.4, 0.5) is 5.82 Å². The number of likely N-dealkylation sites (tertiary alicyclic amines) is 1. The standard InChI is InChI=1S/C16H22N4S/c1-12-3-5-17-16(7-12)19-8-14-4-6-20(10-14)11-15-9-18-13(2)21-15/h3,5,7,9,14H,4,6,8,10-11H2,1-2H3,(H,17,19)/t14-/m1/s1. The molecule has 1 fully saturated rings. The molecule has 0 bridgehead atoms. The Balaban J connectivity index is 1.46. The van der Waals surface area contributed by atoms with Crippen molar-refractivity contribution in [2.45, 2.75) is 26.8 Å². The number of anilines is 1. The Morgan fingerprint density at radius 2 is 2.29 bits per heavy atom. The Labute approximate surface area is 130 Å². The Morgan fingerprint density at radius 3 is 3.05 bits per heavy atom. The van der Waals surface area contributed by atoms with Gasteiger partial charge in [0, 0.05) is 36.9 Å². The van der Waals surface area contributed by atoms with Gasteiger partial charge in [-0.25, -0.2) is 9.97 Å². The van der Waals surface area contributed by atoms with Crippen molar-refractivity contribution in [3.05, 3.63) is 40.0 Å². The average molecular weight is 302 g/mol. The summed E-state index contributed by atoms with van der Waals surface area (Å²) in [6.45, 7) is 8.57. The van der Waals surface area contributed by atoms with Crippen LogP contribution in [0.3, 0.4) is 0 Å². The molecule has 0 spiro atoms. The maximum absolute atomic E-state index is 4.36. The van der Waals surface area contributed by atoms with Crippen LogP contribution in [0.25, 0.3) is 0 Å². The maximum atomic E-state index is 4.36. The molecule has 0 aliphatic carbocycles. The summed E-state index contributed by atoms with van der Waals surface area (Å²) in [5, 5.41) is 4.63. The summed E-state index contributed by atoms with van der Waals surface area (Å²) in [6.07, 6.45) is 5.14. The van der Waals surface area contributed by atoms with E-state index in [-0.39, 0.29) is 0 Å². The van der Waals surface area contributed by atoms with Crippen molar-refractivity contribution >= 4 is 17.2 Å². The van der Waals surface area contributed by atoms with Gasteiger partial charge in [-0.15, -0.1) is 11.3 Å². The largest absolute Gasteiger partial charge is 0.370 e. The molecule has 0 aromatic carbocycles. The maximum Gasteiger partial charge on any atom is 0.126 e. The number of aromatic nitrogens is 2. The van der Waals surface area contributed by atoms with Gasteiger partial charge >= 0.3 is 0 Å². The summed E-state index contributed by atoms with van der Waals surface area (Å²) in [7, 11) is 0. The number of hydrogen-bond donors (Lipinski definition) is 1. The number of pyridine rings is 1. The molecule has 5 heteroatoms. The van der Waals surface area contributed by atoms with Gasteiger partial charge in [-0.1, -0.05) is 0 Å². The summed E-state index contributed by atoms with van der Waals surface area (Å²) in [5.74, 6) is 1.70. The SMILES string of the molecule is Cc1ccnc(NC[C@H]2CCN(Cc3cnc(C)s3)C2)c1. The van der Waals surface area contributed by atoms with Crippen molar-refractivity contribution < 1.29 is 0 Å². The Bertz CT molecular complexity index is 595. The fraction of sp³-hybridized carbons (Fsp3) is 0.500. The molecular formula is C16H22N4S. The van der Waals surface area contributed by atoms with Crippen LogP contribution in [0.15, 0.2) is 24.5 Å². The third kappa shape index (κ3) is 4.02. The first-order valence-electron chi connectivity index (χ1n) is 7.49. The van der Waals surface area contributed by atoms with Crippen molar-refractivity contribution in [2.75, 3.05) is 25.0 Å². The molecule has 4 nitrogen and oxygen atoms in total. The topological polar surface area (TPSA) is 41.1 Å². The highest BCUT2D eigenvalue weighted by molar-refractivity contribution is 7.11. The molecule has 1 atom stereocenters. The lowest BCUT2D eigenvalue weighted by Gasteiger charge is -2.15. The number of nitrogens with zero attached hydrogens (tertiary/aromatic N) is 3. The molecule has 2 aromatic heterocycles. The van der Waals surface area contributed by atoms with Crippen molar-refractivity contribution in [2.24, 2.45) is 5.92 Å². The monoisotopic (exact) mass is 302 g/mol. The minimum absolute atomic E-state index is 0.710. The van der Waals surface area contributed by atoms with Gasteiger partial charge < -0.3 is 5.32 Å². The lowest BCUT2D eigenvalue weighted by Crippen LogP contribution is -2.22. The first-order chi connectivity index (χ1) is 10.2. The first kappa shape index (κ1) is 14.5. The normalized spacial score (nSPS) is 19.0. The second-order valence-corrected chi connectivity index (χ2v) is 7.15. The summed E-state index contributed by atoms with van der Waals surface area (Å²) < 4.78 is 0. The van der Waals surface area contributed by atoms with E-state index in [0.717, 1.165) is 30.5 Å². The lowest BCUT2D eigenvalue weighted by molar-refractivity contribution is 0.321. The van der Waals surface area contributed by atoms with Crippen LogP contribution in [0, 0.1) is 19.8 Å². The van der Waals surface area contributed by atoms with E-state index in [1.54, 1.807) is 0 Å². The molecule has 1 aliphatic heterocycles. The van der Waals surface area contributed by atoms with E-state index in [1.165, 1.54) is 23.4 Å². The van der Waals surface area contributed by atoms with Crippen LogP contribution in [0.5, 0.6) is 0 Å². The summed E-state index contributed by atoms with van der Waals surface area (Å²) >= 11 is 1.81. The molecule has 2 aromatic rings. The minimum Gasteiger partial charge on any atom is -0.370 e. The van der Waals surface area contributed by atoms with Crippen LogP contribution < -0.4 is 5.32 Å². The van der Waals surface area contributed by atoms with Gasteiger partial charge in [-0.2, -0.15) is 0 Å². The van der Waals surface area contributed by atoms with Crippen LogP contribution >= 0.6 is 11.3 Å². The van der Waals surface area contributed by atoms with Gasteiger partial charge in [-0.3, -0.25) is 4.90 Å². The molecule has 0 saturated carbocycles. The quantitative estimate of drug-likeness (QED) is 0.921. The van der Waals surface area contributed by atoms with Crippen molar-refractivity contribution in [3.63, 3.8) is 0 Å². The fourth-order valence-electron chi connectivity index (χ4n) is 2.80. The number of rotatable bonds is 5. The molecule has 1 aliphatic rings. The molecule has 0 radical (unpaired) electrons. The molecule has 1 saturated heterocycles. The average Bonchev–Trinajstić information content (AvgIpc) is 3.06. The Hall–Kier alpha value is -1.46. The van der Waals surface area contributed by atoms with Gasteiger partial charge in [0.15, 0.2) is 0 Å². The van der Waals surface area contributed by atoms with Gasteiger partial charge in [0.2, 0.25) is 0 Å². The number of nitrogens with one attached hydrogen (secondary N) is 1. The number of aryl methyl sites for hydroxylation is 2. The van der Waals surface area contributed by atoms with E-state index >= 15 is 0 Å². The van der Waals surface area contributed by atoms with Crippen molar-refractivity contribution in [1.29, 1.82) is 0 Å². The van der Waals surface area contributed by atoms with E-state index in [2.05, 4.69) is 40.1 Å². The smallest absolute Gasteiger partial charge is 0.126 e. The predicted molar refractivity (Wildman–Crippen MR) is 87.7 cm³/mol. The number of hydrogen-bond acceptors (Lipinski definition) is 5. The highest BCUT2D eigenvalue weighted by Crippen LogP contribution is 2.21. The summed E-state index contributed by atoms with van der Waals surface area (Å²) in [6, 6.07) is 4.13. The van der Waals surface area contributed by atoms with E-state index in [9.17, 15) is 0 Å². The third-order valence-electron chi connectivity index (χ3n) is 3.91. The first-order valence-corrected chi connectivity index (χ1v) is 8.31. The molecule has 21 heavy (non-hydrogen) atoms. The second kappa shape index (κ2) is 6.54. The van der Waals surface area contributed by atoms with Crippen LogP contribution in [0.2, 0.25) is 0 Å². The van der Waals surface area contributed by atoms with Crippen LogP contribution in [-0.2, 0) is 6.54 Å². The van der Waals surface area contributed by atoms with E-state index < -0.39 is 0 Å². The van der Waals surface area contributed by atoms with Gasteiger partial charge in [0.25, 0.3) is 0 Å². The number of thiazole rings is 1. The molecule has 3 heterocycles. The Kier molecular flexibility index (Phi) is 4.51. The van der Waals surface area contributed by atoms with Gasteiger partial charge in [0.1, 0.15) is 5.82 Å². The van der Waals surface area contributed by atoms with E-state index in [0.29, 0.717) is 5.92 Å². The minimum atomic E-state index is 0.710. The lowest BCUT2D eigenvalue weighted by atomic mass is 10.1. The summed E-state index contributed by atoms with van der Waals surface area (Å²) in [5.41, 5.74) is 1.25. The molecule has 0 unspecified atom stereocenters. The zero-order valence-corrected chi connectivity index (χ0v) is 13.5. The van der Waals surface area contributed by atoms with Crippen molar-refractivity contribution in [1.82, 2.24) is 14.9 Å². The highest BCUT2D eigenvalue weighted by atomic mass is 32.1. The van der Waals surface area contributed by atoms with Gasteiger partial charge in [0.05, 0.1) is 5.01 Å². The molecule has 0 amide bonds. The zero-order valence-electron chi connectivity index (χ0n) is 12.7. The summed E-state index contributed by atoms with van der Waals surface area (Å²) in [4.78, 5) is 12.6. The molecule has 112 valence electrons. The zero-order chi connectivity index (χ0) is 14.7. The van der Waals surface area contributed by atoms with Gasteiger partial charge in [-0.05, 0) is 50.4 Å². The Morgan fingerprint density at radius 1 is 1.38 bits per heavy atom. The predicted octanol–water partition coefficient (Wildman–Crippen LogP) is 3.09. The molecule has 3 rings (SSSR count). The second-order valence-electron chi connectivity index (χ2n) is 5.83. The van der Waals surface area contributed by atoms with Crippen LogP contribution in [0.1, 0.15) is 21.9 Å². The molecular weight excluding hydrogens is 280 g/mol. The van der Waals surface area contributed by atoms with Crippen LogP contribution in [-0.4, -0.2) is 34.5 Å².